The number of hydrogen-bond donors (Lipinski definition) is 3. The van der Waals surface area contributed by atoms with Crippen LogP contribution in [-0.4, -0.2) is 21.8 Å². The molecule has 1 unspecified atom stereocenters. The van der Waals surface area contributed by atoms with Gasteiger partial charge in [-0.15, -0.1) is 0 Å². The van der Waals surface area contributed by atoms with Crippen LogP contribution in [0.25, 0.3) is 10.9 Å². The highest BCUT2D eigenvalue weighted by atomic mass is 16.3. The number of hydrogen-bond acceptors (Lipinski definition) is 3. The van der Waals surface area contributed by atoms with Crippen LogP contribution in [0.4, 0.5) is 0 Å². The SMILES string of the molecule is CC(O)(CNCc1ccc2cn[nH]c2c1)c1ccccc1. The van der Waals surface area contributed by atoms with Gasteiger partial charge in [0.25, 0.3) is 0 Å². The third-order valence-electron chi connectivity index (χ3n) is 3.70. The van der Waals surface area contributed by atoms with Crippen molar-refractivity contribution in [3.05, 3.63) is 65.9 Å². The van der Waals surface area contributed by atoms with E-state index in [9.17, 15) is 5.11 Å². The van der Waals surface area contributed by atoms with Crippen molar-refractivity contribution in [1.29, 1.82) is 0 Å². The highest BCUT2D eigenvalue weighted by Gasteiger charge is 2.21. The summed E-state index contributed by atoms with van der Waals surface area (Å²) in [6.45, 7) is 3.03. The summed E-state index contributed by atoms with van der Waals surface area (Å²) in [6.07, 6.45) is 1.81. The number of aromatic amines is 1. The predicted molar refractivity (Wildman–Crippen MR) is 83.8 cm³/mol. The van der Waals surface area contributed by atoms with Gasteiger partial charge in [-0.25, -0.2) is 0 Å². The van der Waals surface area contributed by atoms with Gasteiger partial charge < -0.3 is 10.4 Å². The second-order valence-electron chi connectivity index (χ2n) is 5.54. The maximum atomic E-state index is 10.5. The van der Waals surface area contributed by atoms with Crippen molar-refractivity contribution < 1.29 is 5.11 Å². The average Bonchev–Trinajstić information content (AvgIpc) is 2.95. The van der Waals surface area contributed by atoms with Crippen LogP contribution < -0.4 is 5.32 Å². The number of nitrogens with zero attached hydrogens (tertiary/aromatic N) is 1. The molecule has 0 aliphatic carbocycles. The first kappa shape index (κ1) is 13.8. The topological polar surface area (TPSA) is 60.9 Å². The zero-order chi connectivity index (χ0) is 14.7. The lowest BCUT2D eigenvalue weighted by atomic mass is 9.96. The molecule has 0 saturated carbocycles. The number of aromatic nitrogens is 2. The van der Waals surface area contributed by atoms with Gasteiger partial charge in [-0.2, -0.15) is 5.10 Å². The Balaban J connectivity index is 1.62. The molecule has 4 heteroatoms. The fourth-order valence-electron chi connectivity index (χ4n) is 2.44. The highest BCUT2D eigenvalue weighted by molar-refractivity contribution is 5.78. The Morgan fingerprint density at radius 1 is 1.19 bits per heavy atom. The molecule has 21 heavy (non-hydrogen) atoms. The largest absolute Gasteiger partial charge is 0.384 e. The summed E-state index contributed by atoms with van der Waals surface area (Å²) >= 11 is 0. The first-order valence-corrected chi connectivity index (χ1v) is 7.06. The van der Waals surface area contributed by atoms with Gasteiger partial charge in [0, 0.05) is 18.5 Å². The maximum Gasteiger partial charge on any atom is 0.0992 e. The van der Waals surface area contributed by atoms with Crippen LogP contribution in [0, 0.1) is 0 Å². The van der Waals surface area contributed by atoms with Gasteiger partial charge >= 0.3 is 0 Å². The van der Waals surface area contributed by atoms with E-state index < -0.39 is 5.60 Å². The summed E-state index contributed by atoms with van der Waals surface area (Å²) < 4.78 is 0. The zero-order valence-corrected chi connectivity index (χ0v) is 12.0. The summed E-state index contributed by atoms with van der Waals surface area (Å²) in [4.78, 5) is 0. The van der Waals surface area contributed by atoms with Crippen molar-refractivity contribution in [3.8, 4) is 0 Å². The van der Waals surface area contributed by atoms with E-state index in [-0.39, 0.29) is 0 Å². The van der Waals surface area contributed by atoms with Crippen molar-refractivity contribution in [2.75, 3.05) is 6.54 Å². The van der Waals surface area contributed by atoms with Crippen LogP contribution in [0.3, 0.4) is 0 Å². The fourth-order valence-corrected chi connectivity index (χ4v) is 2.44. The Bertz CT molecular complexity index is 719. The Morgan fingerprint density at radius 2 is 2.00 bits per heavy atom. The third kappa shape index (κ3) is 3.12. The number of aliphatic hydroxyl groups is 1. The van der Waals surface area contributed by atoms with E-state index in [0.717, 1.165) is 22.0 Å². The molecule has 3 N–H and O–H groups in total. The van der Waals surface area contributed by atoms with Crippen LogP contribution in [0.2, 0.25) is 0 Å². The maximum absolute atomic E-state index is 10.5. The monoisotopic (exact) mass is 281 g/mol. The number of fused-ring (bicyclic) bond motifs is 1. The van der Waals surface area contributed by atoms with Crippen LogP contribution in [-0.2, 0) is 12.1 Å². The number of benzene rings is 2. The summed E-state index contributed by atoms with van der Waals surface area (Å²) in [5.41, 5.74) is 2.24. The van der Waals surface area contributed by atoms with E-state index >= 15 is 0 Å². The molecular weight excluding hydrogens is 262 g/mol. The summed E-state index contributed by atoms with van der Waals surface area (Å²) in [5, 5.41) is 21.9. The predicted octanol–water partition coefficient (Wildman–Crippen LogP) is 2.56. The van der Waals surface area contributed by atoms with E-state index in [0.29, 0.717) is 13.1 Å². The lowest BCUT2D eigenvalue weighted by Gasteiger charge is -2.24. The molecule has 1 heterocycles. The molecular formula is C17H19N3O. The Labute approximate surface area is 123 Å². The molecule has 0 radical (unpaired) electrons. The molecule has 0 spiro atoms. The number of nitrogens with one attached hydrogen (secondary N) is 2. The third-order valence-corrected chi connectivity index (χ3v) is 3.70. The second kappa shape index (κ2) is 5.68. The van der Waals surface area contributed by atoms with E-state index in [1.165, 1.54) is 0 Å². The lowest BCUT2D eigenvalue weighted by molar-refractivity contribution is 0.0567. The minimum atomic E-state index is -0.876. The molecule has 3 rings (SSSR count). The molecule has 0 saturated heterocycles. The summed E-state index contributed by atoms with van der Waals surface area (Å²) in [5.74, 6) is 0. The molecule has 4 nitrogen and oxygen atoms in total. The number of rotatable bonds is 5. The molecule has 3 aromatic rings. The van der Waals surface area contributed by atoms with Crippen molar-refractivity contribution in [2.45, 2.75) is 19.1 Å². The summed E-state index contributed by atoms with van der Waals surface area (Å²) in [6, 6.07) is 15.9. The minimum absolute atomic E-state index is 0.498. The van der Waals surface area contributed by atoms with Crippen molar-refractivity contribution in [2.24, 2.45) is 0 Å². The van der Waals surface area contributed by atoms with Crippen LogP contribution >= 0.6 is 0 Å². The first-order valence-electron chi connectivity index (χ1n) is 7.06. The molecule has 0 aliphatic rings. The van der Waals surface area contributed by atoms with Crippen molar-refractivity contribution in [1.82, 2.24) is 15.5 Å². The second-order valence-corrected chi connectivity index (χ2v) is 5.54. The van der Waals surface area contributed by atoms with Gasteiger partial charge in [0.05, 0.1) is 17.3 Å². The Kier molecular flexibility index (Phi) is 3.73. The standard InChI is InChI=1S/C17H19N3O/c1-17(21,15-5-3-2-4-6-15)12-18-10-13-7-8-14-11-19-20-16(14)9-13/h2-9,11,18,21H,10,12H2,1H3,(H,19,20). The van der Waals surface area contributed by atoms with E-state index in [1.807, 2.05) is 49.5 Å². The zero-order valence-electron chi connectivity index (χ0n) is 12.0. The lowest BCUT2D eigenvalue weighted by Crippen LogP contribution is -2.35. The van der Waals surface area contributed by atoms with Gasteiger partial charge in [0.15, 0.2) is 0 Å². The van der Waals surface area contributed by atoms with Crippen molar-refractivity contribution in [3.63, 3.8) is 0 Å². The molecule has 1 atom stereocenters. The summed E-state index contributed by atoms with van der Waals surface area (Å²) in [7, 11) is 0. The van der Waals surface area contributed by atoms with E-state index in [2.05, 4.69) is 27.6 Å². The molecule has 0 aliphatic heterocycles. The Hall–Kier alpha value is -2.17. The quantitative estimate of drug-likeness (QED) is 0.673. The highest BCUT2D eigenvalue weighted by Crippen LogP contribution is 2.19. The number of H-pyrrole nitrogens is 1. The van der Waals surface area contributed by atoms with Crippen LogP contribution in [0.15, 0.2) is 54.7 Å². The van der Waals surface area contributed by atoms with Gasteiger partial charge in [-0.3, -0.25) is 5.10 Å². The van der Waals surface area contributed by atoms with Crippen molar-refractivity contribution >= 4 is 10.9 Å². The molecule has 0 amide bonds. The van der Waals surface area contributed by atoms with E-state index in [4.69, 9.17) is 0 Å². The molecule has 2 aromatic carbocycles. The van der Waals surface area contributed by atoms with Crippen LogP contribution in [0.5, 0.6) is 0 Å². The molecule has 1 aromatic heterocycles. The minimum Gasteiger partial charge on any atom is -0.384 e. The average molecular weight is 281 g/mol. The first-order chi connectivity index (χ1) is 10.1. The Morgan fingerprint density at radius 3 is 2.81 bits per heavy atom. The smallest absolute Gasteiger partial charge is 0.0992 e. The normalized spacial score (nSPS) is 14.2. The van der Waals surface area contributed by atoms with Gasteiger partial charge in [-0.05, 0) is 24.1 Å². The van der Waals surface area contributed by atoms with E-state index in [1.54, 1.807) is 0 Å². The van der Waals surface area contributed by atoms with Gasteiger partial charge in [0.2, 0.25) is 0 Å². The molecule has 0 bridgehead atoms. The van der Waals surface area contributed by atoms with Gasteiger partial charge in [-0.1, -0.05) is 42.5 Å². The van der Waals surface area contributed by atoms with Crippen LogP contribution in [0.1, 0.15) is 18.1 Å². The molecule has 108 valence electrons. The van der Waals surface area contributed by atoms with Gasteiger partial charge in [0.1, 0.15) is 0 Å². The fraction of sp³-hybridized carbons (Fsp3) is 0.235. The molecule has 0 fully saturated rings.